The summed E-state index contributed by atoms with van der Waals surface area (Å²) >= 11 is 3.39. The maximum atomic E-state index is 13.9. The lowest BCUT2D eigenvalue weighted by Crippen LogP contribution is -2.40. The van der Waals surface area contributed by atoms with E-state index in [0.717, 1.165) is 36.5 Å². The van der Waals surface area contributed by atoms with Gasteiger partial charge in [0.1, 0.15) is 5.82 Å². The predicted molar refractivity (Wildman–Crippen MR) is 101 cm³/mol. The molecule has 0 spiro atoms. The Morgan fingerprint density at radius 1 is 1.48 bits per heavy atom. The summed E-state index contributed by atoms with van der Waals surface area (Å²) in [5.74, 6) is 1.07. The zero-order valence-electron chi connectivity index (χ0n) is 14.5. The van der Waals surface area contributed by atoms with Crippen molar-refractivity contribution < 1.29 is 4.39 Å². The molecule has 134 valence electrons. The molecule has 5 nitrogen and oxygen atoms in total. The van der Waals surface area contributed by atoms with E-state index in [4.69, 9.17) is 0 Å². The van der Waals surface area contributed by atoms with Crippen molar-refractivity contribution in [2.75, 3.05) is 19.6 Å². The number of aliphatic imine (C=N–C) groups is 1. The number of benzene rings is 1. The second-order valence-electron chi connectivity index (χ2n) is 6.28. The number of aromatic nitrogens is 2. The van der Waals surface area contributed by atoms with Crippen molar-refractivity contribution in [3.63, 3.8) is 0 Å². The summed E-state index contributed by atoms with van der Waals surface area (Å²) in [6.07, 6.45) is 5.09. The third kappa shape index (κ3) is 4.39. The van der Waals surface area contributed by atoms with Gasteiger partial charge in [0.25, 0.3) is 0 Å². The highest BCUT2D eigenvalue weighted by Gasteiger charge is 2.26. The van der Waals surface area contributed by atoms with Crippen molar-refractivity contribution in [2.45, 2.75) is 25.8 Å². The third-order valence-electron chi connectivity index (χ3n) is 4.43. The molecule has 2 aromatic rings. The molecule has 1 aromatic heterocycles. The van der Waals surface area contributed by atoms with Crippen molar-refractivity contribution >= 4 is 21.9 Å². The highest BCUT2D eigenvalue weighted by Crippen LogP contribution is 2.27. The van der Waals surface area contributed by atoms with E-state index in [-0.39, 0.29) is 5.82 Å². The van der Waals surface area contributed by atoms with Crippen molar-refractivity contribution in [2.24, 2.45) is 12.0 Å². The summed E-state index contributed by atoms with van der Waals surface area (Å²) < 4.78 is 16.6. The Labute approximate surface area is 156 Å². The zero-order chi connectivity index (χ0) is 17.8. The third-order valence-corrected chi connectivity index (χ3v) is 4.92. The monoisotopic (exact) mass is 407 g/mol. The van der Waals surface area contributed by atoms with Crippen LogP contribution in [0.15, 0.2) is 40.1 Å². The molecule has 1 saturated heterocycles. The predicted octanol–water partition coefficient (Wildman–Crippen LogP) is 3.28. The first-order chi connectivity index (χ1) is 12.1. The Kier molecular flexibility index (Phi) is 5.73. The molecule has 0 radical (unpaired) electrons. The van der Waals surface area contributed by atoms with Crippen LogP contribution in [0.1, 0.15) is 30.4 Å². The Morgan fingerprint density at radius 2 is 2.32 bits per heavy atom. The van der Waals surface area contributed by atoms with Crippen LogP contribution >= 0.6 is 15.9 Å². The van der Waals surface area contributed by atoms with Gasteiger partial charge >= 0.3 is 0 Å². The number of hydrogen-bond donors (Lipinski definition) is 1. The van der Waals surface area contributed by atoms with E-state index in [2.05, 4.69) is 42.4 Å². The van der Waals surface area contributed by atoms with Crippen molar-refractivity contribution in [1.82, 2.24) is 20.0 Å². The molecule has 3 rings (SSSR count). The average Bonchev–Trinajstić information content (AvgIpc) is 3.23. The number of rotatable bonds is 4. The average molecular weight is 408 g/mol. The van der Waals surface area contributed by atoms with Gasteiger partial charge in [-0.15, -0.1) is 0 Å². The van der Waals surface area contributed by atoms with Crippen LogP contribution < -0.4 is 5.32 Å². The second kappa shape index (κ2) is 7.99. The Morgan fingerprint density at radius 3 is 3.04 bits per heavy atom. The van der Waals surface area contributed by atoms with E-state index in [0.29, 0.717) is 18.0 Å². The topological polar surface area (TPSA) is 45.5 Å². The lowest BCUT2D eigenvalue weighted by atomic mass is 10.0. The van der Waals surface area contributed by atoms with Crippen LogP contribution in [0.25, 0.3) is 0 Å². The van der Waals surface area contributed by atoms with E-state index in [9.17, 15) is 4.39 Å². The van der Waals surface area contributed by atoms with Gasteiger partial charge in [-0.2, -0.15) is 5.10 Å². The van der Waals surface area contributed by atoms with Crippen LogP contribution in [0, 0.1) is 5.82 Å². The largest absolute Gasteiger partial charge is 0.357 e. The number of nitrogens with zero attached hydrogens (tertiary/aromatic N) is 4. The first-order valence-electron chi connectivity index (χ1n) is 8.52. The standard InChI is InChI=1S/C18H23BrFN5/c1-3-21-18(22-9-14-8-16(19)4-5-17(14)20)25-7-6-13(12-25)15-10-23-24(2)11-15/h4-5,8,10-11,13H,3,6-7,9,12H2,1-2H3,(H,21,22). The summed E-state index contributed by atoms with van der Waals surface area (Å²) in [5.41, 5.74) is 1.85. The number of guanidine groups is 1. The minimum atomic E-state index is -0.225. The van der Waals surface area contributed by atoms with Crippen molar-refractivity contribution in [3.8, 4) is 0 Å². The Hall–Kier alpha value is -1.89. The van der Waals surface area contributed by atoms with Gasteiger partial charge in [0, 0.05) is 48.8 Å². The molecule has 1 N–H and O–H groups in total. The van der Waals surface area contributed by atoms with E-state index >= 15 is 0 Å². The fraction of sp³-hybridized carbons (Fsp3) is 0.444. The molecule has 1 aliphatic heterocycles. The lowest BCUT2D eigenvalue weighted by Gasteiger charge is -2.21. The molecular formula is C18H23BrFN5. The van der Waals surface area contributed by atoms with E-state index in [1.54, 1.807) is 12.1 Å². The minimum absolute atomic E-state index is 0.225. The highest BCUT2D eigenvalue weighted by molar-refractivity contribution is 9.10. The van der Waals surface area contributed by atoms with E-state index < -0.39 is 0 Å². The molecule has 0 saturated carbocycles. The van der Waals surface area contributed by atoms with Crippen LogP contribution in [0.4, 0.5) is 4.39 Å². The molecule has 0 amide bonds. The van der Waals surface area contributed by atoms with Gasteiger partial charge in [-0.3, -0.25) is 4.68 Å². The van der Waals surface area contributed by atoms with Crippen LogP contribution in [0.2, 0.25) is 0 Å². The molecule has 0 bridgehead atoms. The maximum Gasteiger partial charge on any atom is 0.194 e. The molecule has 1 aromatic carbocycles. The molecule has 0 aliphatic carbocycles. The van der Waals surface area contributed by atoms with Crippen LogP contribution in [0.3, 0.4) is 0 Å². The molecule has 1 atom stereocenters. The first-order valence-corrected chi connectivity index (χ1v) is 9.32. The summed E-state index contributed by atoms with van der Waals surface area (Å²) in [7, 11) is 1.94. The normalized spacial score (nSPS) is 18.0. The molecule has 25 heavy (non-hydrogen) atoms. The minimum Gasteiger partial charge on any atom is -0.357 e. The zero-order valence-corrected chi connectivity index (χ0v) is 16.1. The van der Waals surface area contributed by atoms with E-state index in [1.807, 2.05) is 24.9 Å². The first kappa shape index (κ1) is 17.9. The summed E-state index contributed by atoms with van der Waals surface area (Å²) in [4.78, 5) is 6.90. The molecule has 7 heteroatoms. The lowest BCUT2D eigenvalue weighted by molar-refractivity contribution is 0.485. The van der Waals surface area contributed by atoms with Gasteiger partial charge in [0.15, 0.2) is 5.96 Å². The molecule has 1 aliphatic rings. The van der Waals surface area contributed by atoms with Crippen LogP contribution in [0.5, 0.6) is 0 Å². The molecule has 1 fully saturated rings. The fourth-order valence-corrected chi connectivity index (χ4v) is 3.53. The summed E-state index contributed by atoms with van der Waals surface area (Å²) in [6, 6.07) is 4.95. The van der Waals surface area contributed by atoms with Gasteiger partial charge < -0.3 is 10.2 Å². The van der Waals surface area contributed by atoms with Gasteiger partial charge in [-0.05, 0) is 37.1 Å². The molecular weight excluding hydrogens is 385 g/mol. The van der Waals surface area contributed by atoms with Crippen LogP contribution in [-0.4, -0.2) is 40.3 Å². The van der Waals surface area contributed by atoms with Gasteiger partial charge in [0.05, 0.1) is 12.7 Å². The van der Waals surface area contributed by atoms with E-state index in [1.165, 1.54) is 11.6 Å². The number of hydrogen-bond acceptors (Lipinski definition) is 2. The summed E-state index contributed by atoms with van der Waals surface area (Å²) in [5, 5.41) is 7.59. The SMILES string of the molecule is CCNC(=NCc1cc(Br)ccc1F)N1CCC(c2cnn(C)c2)C1. The Balaban J connectivity index is 1.71. The quantitative estimate of drug-likeness (QED) is 0.624. The number of nitrogens with one attached hydrogen (secondary N) is 1. The maximum absolute atomic E-state index is 13.9. The molecule has 2 heterocycles. The second-order valence-corrected chi connectivity index (χ2v) is 7.20. The van der Waals surface area contributed by atoms with Crippen molar-refractivity contribution in [3.05, 3.63) is 52.0 Å². The molecule has 1 unspecified atom stereocenters. The number of likely N-dealkylation sites (tertiary alicyclic amines) is 1. The fourth-order valence-electron chi connectivity index (χ4n) is 3.13. The summed E-state index contributed by atoms with van der Waals surface area (Å²) in [6.45, 7) is 4.99. The smallest absolute Gasteiger partial charge is 0.194 e. The van der Waals surface area contributed by atoms with Crippen LogP contribution in [-0.2, 0) is 13.6 Å². The van der Waals surface area contributed by atoms with Crippen molar-refractivity contribution in [1.29, 1.82) is 0 Å². The van der Waals surface area contributed by atoms with Gasteiger partial charge in [-0.1, -0.05) is 15.9 Å². The highest BCUT2D eigenvalue weighted by atomic mass is 79.9. The Bertz CT molecular complexity index is 758. The van der Waals surface area contributed by atoms with Gasteiger partial charge in [0.2, 0.25) is 0 Å². The number of halogens is 2. The van der Waals surface area contributed by atoms with Gasteiger partial charge in [-0.25, -0.2) is 9.38 Å². The number of aryl methyl sites for hydroxylation is 1.